The van der Waals surface area contributed by atoms with Crippen molar-refractivity contribution in [2.45, 2.75) is 19.4 Å². The van der Waals surface area contributed by atoms with Crippen molar-refractivity contribution in [2.75, 3.05) is 0 Å². The molecule has 0 unspecified atom stereocenters. The number of alkyl halides is 4. The standard InChI is InChI=1S/C11H7ClF4N2O3/c12-6-7(9(13)14)17-18(8(6)10(15)16)3-4-1-2-5(21-4)11(19)20/h1-2,9-10H,3H2,(H,19,20). The Kier molecular flexibility index (Phi) is 4.21. The van der Waals surface area contributed by atoms with Crippen molar-refractivity contribution < 1.29 is 31.9 Å². The summed E-state index contributed by atoms with van der Waals surface area (Å²) in [5.41, 5.74) is -1.84. The Bertz CT molecular complexity index is 668. The first-order valence-corrected chi connectivity index (χ1v) is 5.83. The largest absolute Gasteiger partial charge is 0.475 e. The van der Waals surface area contributed by atoms with Crippen molar-refractivity contribution in [1.29, 1.82) is 0 Å². The van der Waals surface area contributed by atoms with Crippen LogP contribution in [-0.2, 0) is 6.54 Å². The number of carboxylic acids is 1. The van der Waals surface area contributed by atoms with E-state index in [1.165, 1.54) is 6.07 Å². The Morgan fingerprint density at radius 3 is 2.48 bits per heavy atom. The van der Waals surface area contributed by atoms with Crippen LogP contribution in [0.1, 0.15) is 40.6 Å². The van der Waals surface area contributed by atoms with Crippen LogP contribution in [-0.4, -0.2) is 20.9 Å². The molecule has 0 amide bonds. The maximum atomic E-state index is 12.9. The SMILES string of the molecule is O=C(O)c1ccc(Cn2nc(C(F)F)c(Cl)c2C(F)F)o1. The number of hydrogen-bond acceptors (Lipinski definition) is 3. The molecule has 1 N–H and O–H groups in total. The van der Waals surface area contributed by atoms with Gasteiger partial charge in [-0.2, -0.15) is 5.10 Å². The maximum Gasteiger partial charge on any atom is 0.371 e. The van der Waals surface area contributed by atoms with Crippen molar-refractivity contribution in [2.24, 2.45) is 0 Å². The highest BCUT2D eigenvalue weighted by atomic mass is 35.5. The van der Waals surface area contributed by atoms with E-state index in [1.807, 2.05) is 0 Å². The van der Waals surface area contributed by atoms with E-state index >= 15 is 0 Å². The predicted molar refractivity (Wildman–Crippen MR) is 61.9 cm³/mol. The van der Waals surface area contributed by atoms with E-state index in [1.54, 1.807) is 0 Å². The molecular formula is C11H7ClF4N2O3. The van der Waals surface area contributed by atoms with Gasteiger partial charge in [0.15, 0.2) is 0 Å². The van der Waals surface area contributed by atoms with Gasteiger partial charge < -0.3 is 9.52 Å². The molecule has 0 saturated heterocycles. The van der Waals surface area contributed by atoms with Gasteiger partial charge in [-0.3, -0.25) is 4.68 Å². The molecule has 21 heavy (non-hydrogen) atoms. The van der Waals surface area contributed by atoms with Gasteiger partial charge in [-0.05, 0) is 12.1 Å². The Balaban J connectivity index is 2.38. The second-order valence-electron chi connectivity index (χ2n) is 3.91. The molecule has 10 heteroatoms. The number of hydrogen-bond donors (Lipinski definition) is 1. The molecule has 0 aliphatic rings. The summed E-state index contributed by atoms with van der Waals surface area (Å²) in [6.07, 6.45) is -6.23. The fraction of sp³-hybridized carbons (Fsp3) is 0.273. The minimum atomic E-state index is -3.12. The smallest absolute Gasteiger partial charge is 0.371 e. The van der Waals surface area contributed by atoms with E-state index in [0.29, 0.717) is 4.68 Å². The fourth-order valence-electron chi connectivity index (χ4n) is 1.67. The summed E-state index contributed by atoms with van der Waals surface area (Å²) >= 11 is 5.47. The predicted octanol–water partition coefficient (Wildman–Crippen LogP) is 3.75. The Morgan fingerprint density at radius 1 is 1.33 bits per heavy atom. The van der Waals surface area contributed by atoms with Crippen LogP contribution in [0.2, 0.25) is 5.02 Å². The van der Waals surface area contributed by atoms with Crippen LogP contribution in [0.15, 0.2) is 16.5 Å². The van der Waals surface area contributed by atoms with E-state index < -0.39 is 47.5 Å². The molecular weight excluding hydrogens is 320 g/mol. The second-order valence-corrected chi connectivity index (χ2v) is 4.29. The normalized spacial score (nSPS) is 11.6. The molecule has 2 heterocycles. The van der Waals surface area contributed by atoms with Crippen LogP contribution in [0, 0.1) is 0 Å². The molecule has 0 bridgehead atoms. The van der Waals surface area contributed by atoms with Crippen molar-refractivity contribution in [1.82, 2.24) is 9.78 Å². The van der Waals surface area contributed by atoms with E-state index in [9.17, 15) is 22.4 Å². The van der Waals surface area contributed by atoms with Gasteiger partial charge in [0.2, 0.25) is 5.76 Å². The summed E-state index contributed by atoms with van der Waals surface area (Å²) in [7, 11) is 0. The van der Waals surface area contributed by atoms with E-state index in [4.69, 9.17) is 21.1 Å². The van der Waals surface area contributed by atoms with Crippen molar-refractivity contribution in [3.8, 4) is 0 Å². The van der Waals surface area contributed by atoms with Gasteiger partial charge in [-0.25, -0.2) is 22.4 Å². The van der Waals surface area contributed by atoms with Gasteiger partial charge in [-0.15, -0.1) is 0 Å². The lowest BCUT2D eigenvalue weighted by atomic mass is 10.3. The van der Waals surface area contributed by atoms with E-state index in [0.717, 1.165) is 6.07 Å². The molecule has 0 aromatic carbocycles. The molecule has 2 aromatic rings. The lowest BCUT2D eigenvalue weighted by Gasteiger charge is -2.04. The molecule has 2 rings (SSSR count). The summed E-state index contributed by atoms with van der Waals surface area (Å²) in [4.78, 5) is 10.6. The minimum Gasteiger partial charge on any atom is -0.475 e. The zero-order valence-electron chi connectivity index (χ0n) is 10.1. The Morgan fingerprint density at radius 2 is 2.00 bits per heavy atom. The van der Waals surface area contributed by atoms with Crippen LogP contribution in [0.5, 0.6) is 0 Å². The minimum absolute atomic E-state index is 0.0331. The lowest BCUT2D eigenvalue weighted by Crippen LogP contribution is -2.06. The number of halogens is 5. The van der Waals surface area contributed by atoms with E-state index in [2.05, 4.69) is 5.10 Å². The Hall–Kier alpha value is -2.03. The first-order valence-electron chi connectivity index (χ1n) is 5.45. The maximum absolute atomic E-state index is 12.9. The van der Waals surface area contributed by atoms with Crippen molar-refractivity contribution in [3.63, 3.8) is 0 Å². The number of furan rings is 1. The summed E-state index contributed by atoms with van der Waals surface area (Å²) in [5.74, 6) is -1.78. The highest BCUT2D eigenvalue weighted by Crippen LogP contribution is 2.34. The van der Waals surface area contributed by atoms with Crippen LogP contribution < -0.4 is 0 Å². The third-order valence-corrected chi connectivity index (χ3v) is 2.93. The number of nitrogens with zero attached hydrogens (tertiary/aromatic N) is 2. The number of aromatic nitrogens is 2. The molecule has 0 radical (unpaired) electrons. The zero-order valence-corrected chi connectivity index (χ0v) is 10.8. The third kappa shape index (κ3) is 3.02. The fourth-order valence-corrected chi connectivity index (χ4v) is 1.97. The topological polar surface area (TPSA) is 68.3 Å². The summed E-state index contributed by atoms with van der Waals surface area (Å²) in [5, 5.41) is 11.2. The highest BCUT2D eigenvalue weighted by Gasteiger charge is 2.28. The average molecular weight is 327 g/mol. The monoisotopic (exact) mass is 326 g/mol. The second kappa shape index (κ2) is 5.76. The van der Waals surface area contributed by atoms with Crippen LogP contribution in [0.3, 0.4) is 0 Å². The molecule has 2 aromatic heterocycles. The molecule has 5 nitrogen and oxygen atoms in total. The molecule has 0 aliphatic carbocycles. The molecule has 114 valence electrons. The first-order chi connectivity index (χ1) is 9.81. The van der Waals surface area contributed by atoms with Gasteiger partial charge in [0.1, 0.15) is 17.1 Å². The third-order valence-electron chi connectivity index (χ3n) is 2.55. The summed E-state index contributed by atoms with van der Waals surface area (Å²) in [6.45, 7) is -0.445. The number of rotatable bonds is 5. The van der Waals surface area contributed by atoms with Gasteiger partial charge >= 0.3 is 5.97 Å². The van der Waals surface area contributed by atoms with E-state index in [-0.39, 0.29) is 5.76 Å². The molecule has 0 saturated carbocycles. The van der Waals surface area contributed by atoms with Gasteiger partial charge in [0.05, 0.1) is 11.6 Å². The van der Waals surface area contributed by atoms with Crippen molar-refractivity contribution >= 4 is 17.6 Å². The lowest BCUT2D eigenvalue weighted by molar-refractivity contribution is 0.0659. The first kappa shape index (κ1) is 15.4. The highest BCUT2D eigenvalue weighted by molar-refractivity contribution is 6.32. The van der Waals surface area contributed by atoms with Crippen molar-refractivity contribution in [3.05, 3.63) is 40.1 Å². The Labute approximate surface area is 119 Å². The average Bonchev–Trinajstić information content (AvgIpc) is 2.94. The molecule has 0 aliphatic heterocycles. The molecule has 0 atom stereocenters. The summed E-state index contributed by atoms with van der Waals surface area (Å²) < 4.78 is 56.5. The molecule has 0 spiro atoms. The zero-order chi connectivity index (χ0) is 15.7. The van der Waals surface area contributed by atoms with Gasteiger partial charge in [0, 0.05) is 0 Å². The van der Waals surface area contributed by atoms with Gasteiger partial charge in [0.25, 0.3) is 12.9 Å². The number of carbonyl (C=O) groups is 1. The van der Waals surface area contributed by atoms with Crippen LogP contribution in [0.25, 0.3) is 0 Å². The quantitative estimate of drug-likeness (QED) is 0.850. The number of carboxylic acid groups (broad SMARTS) is 1. The van der Waals surface area contributed by atoms with Gasteiger partial charge in [-0.1, -0.05) is 11.6 Å². The summed E-state index contributed by atoms with van der Waals surface area (Å²) in [6, 6.07) is 2.33. The number of aromatic carboxylic acids is 1. The van der Waals surface area contributed by atoms with Crippen LogP contribution >= 0.6 is 11.6 Å². The van der Waals surface area contributed by atoms with Crippen LogP contribution in [0.4, 0.5) is 17.6 Å². The molecule has 0 fully saturated rings.